The number of hydrogen-bond acceptors (Lipinski definition) is 4. The third-order valence-corrected chi connectivity index (χ3v) is 7.07. The molecular weight excluding hydrogens is 461 g/mol. The van der Waals surface area contributed by atoms with Crippen LogP contribution in [-0.4, -0.2) is 52.1 Å². The van der Waals surface area contributed by atoms with Crippen molar-refractivity contribution in [3.8, 4) is 0 Å². The normalized spacial score (nSPS) is 16.6. The first-order chi connectivity index (χ1) is 17.4. The van der Waals surface area contributed by atoms with Crippen molar-refractivity contribution in [3.05, 3.63) is 71.0 Å². The number of carbonyl (C=O) groups is 4. The molecule has 190 valence electrons. The number of amides is 4. The quantitative estimate of drug-likeness (QED) is 0.534. The Morgan fingerprint density at radius 1 is 1.00 bits per heavy atom. The van der Waals surface area contributed by atoms with Crippen LogP contribution in [0, 0.1) is 5.82 Å². The van der Waals surface area contributed by atoms with Crippen LogP contribution in [-0.2, 0) is 16.1 Å². The predicted octanol–water partition coefficient (Wildman–Crippen LogP) is 4.07. The highest BCUT2D eigenvalue weighted by Crippen LogP contribution is 2.23. The van der Waals surface area contributed by atoms with Crippen LogP contribution in [0.1, 0.15) is 78.1 Å². The minimum atomic E-state index is -0.793. The van der Waals surface area contributed by atoms with Gasteiger partial charge in [0.25, 0.3) is 11.8 Å². The molecule has 2 aromatic rings. The lowest BCUT2D eigenvalue weighted by molar-refractivity contribution is -0.141. The summed E-state index contributed by atoms with van der Waals surface area (Å²) >= 11 is 0. The van der Waals surface area contributed by atoms with Gasteiger partial charge in [0.2, 0.25) is 11.8 Å². The average molecular weight is 494 g/mol. The van der Waals surface area contributed by atoms with Crippen molar-refractivity contribution >= 4 is 23.6 Å². The first-order valence-corrected chi connectivity index (χ1v) is 12.6. The molecule has 0 aromatic heterocycles. The molecule has 0 bridgehead atoms. The first kappa shape index (κ1) is 25.5. The molecule has 1 fully saturated rings. The van der Waals surface area contributed by atoms with E-state index >= 15 is 0 Å². The molecular formula is C28H32FN3O4. The Labute approximate surface area is 210 Å². The maximum Gasteiger partial charge on any atom is 0.261 e. The standard InChI is InChI=1S/C28H32FN3O4/c1-19(26(34)30-21-11-3-2-4-12-21)32(18-20-10-5-8-15-24(20)29)25(33)16-9-17-31-27(35)22-13-6-7-14-23(22)28(31)36/h5-8,10,13-15,19,21H,2-4,9,11-12,16-18H2,1H3,(H,30,34)/t19-/m1/s1. The summed E-state index contributed by atoms with van der Waals surface area (Å²) in [5.41, 5.74) is 1.05. The van der Waals surface area contributed by atoms with Gasteiger partial charge in [-0.1, -0.05) is 49.6 Å². The summed E-state index contributed by atoms with van der Waals surface area (Å²) in [4.78, 5) is 54.1. The van der Waals surface area contributed by atoms with Gasteiger partial charge in [-0.05, 0) is 44.4 Å². The third kappa shape index (κ3) is 5.64. The van der Waals surface area contributed by atoms with E-state index in [0.29, 0.717) is 16.7 Å². The van der Waals surface area contributed by atoms with E-state index in [1.165, 1.54) is 11.0 Å². The van der Waals surface area contributed by atoms with Gasteiger partial charge >= 0.3 is 0 Å². The van der Waals surface area contributed by atoms with Crippen LogP contribution >= 0.6 is 0 Å². The molecule has 8 heteroatoms. The lowest BCUT2D eigenvalue weighted by atomic mass is 9.95. The summed E-state index contributed by atoms with van der Waals surface area (Å²) in [7, 11) is 0. The average Bonchev–Trinajstić information content (AvgIpc) is 3.13. The Balaban J connectivity index is 1.41. The van der Waals surface area contributed by atoms with Crippen LogP contribution in [0.4, 0.5) is 4.39 Å². The van der Waals surface area contributed by atoms with Crippen LogP contribution in [0.25, 0.3) is 0 Å². The number of nitrogens with one attached hydrogen (secondary N) is 1. The van der Waals surface area contributed by atoms with E-state index in [0.717, 1.165) is 37.0 Å². The van der Waals surface area contributed by atoms with Gasteiger partial charge in [0.05, 0.1) is 11.1 Å². The van der Waals surface area contributed by atoms with Crippen molar-refractivity contribution < 1.29 is 23.6 Å². The zero-order valence-corrected chi connectivity index (χ0v) is 20.5. The Bertz CT molecular complexity index is 1110. The molecule has 2 aromatic carbocycles. The maximum atomic E-state index is 14.4. The second-order valence-electron chi connectivity index (χ2n) is 9.54. The smallest absolute Gasteiger partial charge is 0.261 e. The van der Waals surface area contributed by atoms with E-state index in [1.807, 2.05) is 0 Å². The topological polar surface area (TPSA) is 86.8 Å². The highest BCUT2D eigenvalue weighted by Gasteiger charge is 2.35. The molecule has 36 heavy (non-hydrogen) atoms. The number of carbonyl (C=O) groups excluding carboxylic acids is 4. The zero-order chi connectivity index (χ0) is 25.7. The SMILES string of the molecule is C[C@H](C(=O)NC1CCCCC1)N(Cc1ccccc1F)C(=O)CCCN1C(=O)c2ccccc2C1=O. The molecule has 0 radical (unpaired) electrons. The Morgan fingerprint density at radius 2 is 1.61 bits per heavy atom. The first-order valence-electron chi connectivity index (χ1n) is 12.6. The van der Waals surface area contributed by atoms with Crippen molar-refractivity contribution in [2.45, 2.75) is 70.5 Å². The van der Waals surface area contributed by atoms with E-state index in [9.17, 15) is 23.6 Å². The summed E-state index contributed by atoms with van der Waals surface area (Å²) in [6.07, 6.45) is 5.38. The largest absolute Gasteiger partial charge is 0.352 e. The number of benzene rings is 2. The van der Waals surface area contributed by atoms with Gasteiger partial charge < -0.3 is 10.2 Å². The van der Waals surface area contributed by atoms with Crippen molar-refractivity contribution in [3.63, 3.8) is 0 Å². The van der Waals surface area contributed by atoms with Crippen LogP contribution in [0.2, 0.25) is 0 Å². The molecule has 0 spiro atoms. The number of nitrogens with zero attached hydrogens (tertiary/aromatic N) is 2. The fourth-order valence-corrected chi connectivity index (χ4v) is 4.94. The van der Waals surface area contributed by atoms with E-state index in [-0.39, 0.29) is 55.6 Å². The van der Waals surface area contributed by atoms with Crippen molar-refractivity contribution in [2.75, 3.05) is 6.54 Å². The van der Waals surface area contributed by atoms with Gasteiger partial charge in [0.15, 0.2) is 0 Å². The fraction of sp³-hybridized carbons (Fsp3) is 0.429. The monoisotopic (exact) mass is 493 g/mol. The molecule has 1 heterocycles. The molecule has 4 amide bonds. The fourth-order valence-electron chi connectivity index (χ4n) is 4.94. The number of imide groups is 1. The van der Waals surface area contributed by atoms with Crippen LogP contribution < -0.4 is 5.32 Å². The van der Waals surface area contributed by atoms with Gasteiger partial charge in [-0.2, -0.15) is 0 Å². The Kier molecular flexibility index (Phi) is 8.13. The summed E-state index contributed by atoms with van der Waals surface area (Å²) in [5.74, 6) is -1.77. The zero-order valence-electron chi connectivity index (χ0n) is 20.5. The Morgan fingerprint density at radius 3 is 2.25 bits per heavy atom. The number of fused-ring (bicyclic) bond motifs is 1. The van der Waals surface area contributed by atoms with E-state index in [4.69, 9.17) is 0 Å². The van der Waals surface area contributed by atoms with Gasteiger partial charge in [-0.15, -0.1) is 0 Å². The van der Waals surface area contributed by atoms with Gasteiger partial charge in [-0.3, -0.25) is 24.1 Å². The summed E-state index contributed by atoms with van der Waals surface area (Å²) in [5, 5.41) is 3.05. The molecule has 2 aliphatic rings. The van der Waals surface area contributed by atoms with E-state index < -0.39 is 11.9 Å². The third-order valence-electron chi connectivity index (χ3n) is 7.07. The van der Waals surface area contributed by atoms with E-state index in [2.05, 4.69) is 5.32 Å². The Hall–Kier alpha value is -3.55. The second kappa shape index (κ2) is 11.5. The minimum Gasteiger partial charge on any atom is -0.352 e. The van der Waals surface area contributed by atoms with Crippen molar-refractivity contribution in [2.24, 2.45) is 0 Å². The van der Waals surface area contributed by atoms with Gasteiger partial charge in [-0.25, -0.2) is 4.39 Å². The summed E-state index contributed by atoms with van der Waals surface area (Å²) in [6, 6.07) is 12.1. The molecule has 0 saturated heterocycles. The second-order valence-corrected chi connectivity index (χ2v) is 9.54. The van der Waals surface area contributed by atoms with Crippen LogP contribution in [0.15, 0.2) is 48.5 Å². The lowest BCUT2D eigenvalue weighted by Crippen LogP contribution is -2.50. The van der Waals surface area contributed by atoms with Crippen LogP contribution in [0.3, 0.4) is 0 Å². The molecule has 4 rings (SSSR count). The summed E-state index contributed by atoms with van der Waals surface area (Å²) < 4.78 is 14.4. The number of rotatable bonds is 9. The predicted molar refractivity (Wildman–Crippen MR) is 132 cm³/mol. The van der Waals surface area contributed by atoms with Crippen LogP contribution in [0.5, 0.6) is 0 Å². The maximum absolute atomic E-state index is 14.4. The molecule has 1 aliphatic carbocycles. The van der Waals surface area contributed by atoms with Gasteiger partial charge in [0, 0.05) is 31.1 Å². The number of hydrogen-bond donors (Lipinski definition) is 1. The van der Waals surface area contributed by atoms with Gasteiger partial charge in [0.1, 0.15) is 11.9 Å². The molecule has 0 unspecified atom stereocenters. The van der Waals surface area contributed by atoms with Crippen molar-refractivity contribution in [1.82, 2.24) is 15.1 Å². The highest BCUT2D eigenvalue weighted by atomic mass is 19.1. The number of halogens is 1. The van der Waals surface area contributed by atoms with Crippen molar-refractivity contribution in [1.29, 1.82) is 0 Å². The molecule has 7 nitrogen and oxygen atoms in total. The lowest BCUT2D eigenvalue weighted by Gasteiger charge is -2.31. The molecule has 1 saturated carbocycles. The molecule has 1 N–H and O–H groups in total. The minimum absolute atomic E-state index is 0.0168. The molecule has 1 atom stereocenters. The van der Waals surface area contributed by atoms with E-state index in [1.54, 1.807) is 49.4 Å². The highest BCUT2D eigenvalue weighted by molar-refractivity contribution is 6.21. The summed E-state index contributed by atoms with van der Waals surface area (Å²) in [6.45, 7) is 1.70. The molecule has 1 aliphatic heterocycles.